The fourth-order valence-electron chi connectivity index (χ4n) is 7.20. The molecule has 0 aromatic carbocycles. The lowest BCUT2D eigenvalue weighted by Crippen LogP contribution is -2.61. The highest BCUT2D eigenvalue weighted by Crippen LogP contribution is 2.55. The molecule has 170 valence electrons. The Morgan fingerprint density at radius 3 is 2.55 bits per heavy atom. The maximum atomic E-state index is 13.2. The van der Waals surface area contributed by atoms with Crippen LogP contribution in [0.3, 0.4) is 0 Å². The van der Waals surface area contributed by atoms with E-state index < -0.39 is 5.60 Å². The summed E-state index contributed by atoms with van der Waals surface area (Å²) in [6.07, 6.45) is 7.16. The van der Waals surface area contributed by atoms with Gasteiger partial charge in [0.05, 0.1) is 5.60 Å². The summed E-state index contributed by atoms with van der Waals surface area (Å²) in [5.41, 5.74) is -0.175. The lowest BCUT2D eigenvalue weighted by Gasteiger charge is -2.58. The van der Waals surface area contributed by atoms with Crippen LogP contribution in [-0.4, -0.2) is 71.9 Å². The molecule has 4 bridgehead atoms. The molecular weight excluding hydrogens is 413 g/mol. The van der Waals surface area contributed by atoms with Gasteiger partial charge in [-0.05, 0) is 81.7 Å². The summed E-state index contributed by atoms with van der Waals surface area (Å²) in [4.78, 5) is 17.7. The third kappa shape index (κ3) is 4.00. The Hall–Kier alpha value is -1.25. The number of anilines is 1. The van der Waals surface area contributed by atoms with E-state index in [9.17, 15) is 9.90 Å². The molecule has 9 heteroatoms. The largest absolute Gasteiger partial charge is 0.390 e. The molecular formula is C22H35BClN5O2. The molecule has 1 aliphatic heterocycles. The lowest BCUT2D eigenvalue weighted by molar-refractivity contribution is -0.136. The van der Waals surface area contributed by atoms with Crippen LogP contribution in [0.15, 0.2) is 0 Å². The zero-order chi connectivity index (χ0) is 21.9. The Morgan fingerprint density at radius 1 is 1.29 bits per heavy atom. The topological polar surface area (TPSA) is 73.6 Å². The van der Waals surface area contributed by atoms with E-state index in [2.05, 4.69) is 28.1 Å². The molecule has 2 N–H and O–H groups in total. The first kappa shape index (κ1) is 21.6. The molecule has 2 atom stereocenters. The van der Waals surface area contributed by atoms with Gasteiger partial charge in [0, 0.05) is 26.7 Å². The summed E-state index contributed by atoms with van der Waals surface area (Å²) >= 11 is 6.72. The van der Waals surface area contributed by atoms with Crippen molar-refractivity contribution in [3.05, 3.63) is 10.7 Å². The second-order valence-electron chi connectivity index (χ2n) is 10.9. The molecule has 0 spiro atoms. The van der Waals surface area contributed by atoms with Crippen LogP contribution < -0.4 is 10.2 Å². The van der Waals surface area contributed by atoms with Gasteiger partial charge >= 0.3 is 0 Å². The first-order valence-electron chi connectivity index (χ1n) is 11.9. The van der Waals surface area contributed by atoms with Crippen LogP contribution in [0.2, 0.25) is 5.02 Å². The third-order valence-corrected chi connectivity index (χ3v) is 8.79. The fraction of sp³-hybridized carbons (Fsp3) is 0.818. The summed E-state index contributed by atoms with van der Waals surface area (Å²) in [6, 6.07) is 0.128. The number of aryl methyl sites for hydroxylation is 1. The number of nitrogens with one attached hydrogen (secondary N) is 1. The van der Waals surface area contributed by atoms with Gasteiger partial charge in [0.25, 0.3) is 5.91 Å². The Labute approximate surface area is 190 Å². The van der Waals surface area contributed by atoms with Crippen molar-refractivity contribution in [3.63, 3.8) is 0 Å². The Bertz CT molecular complexity index is 839. The second kappa shape index (κ2) is 7.96. The molecule has 2 unspecified atom stereocenters. The smallest absolute Gasteiger partial charge is 0.273 e. The molecule has 4 saturated carbocycles. The molecule has 5 fully saturated rings. The number of halogens is 1. The summed E-state index contributed by atoms with van der Waals surface area (Å²) in [6.45, 7) is 3.18. The van der Waals surface area contributed by atoms with Gasteiger partial charge in [-0.15, -0.1) is 0 Å². The minimum absolute atomic E-state index is 0.128. The number of aromatic nitrogens is 2. The van der Waals surface area contributed by atoms with Gasteiger partial charge in [0.2, 0.25) is 0 Å². The van der Waals surface area contributed by atoms with E-state index in [1.165, 1.54) is 12.8 Å². The number of carbonyl (C=O) groups excluding carboxylic acids is 1. The van der Waals surface area contributed by atoms with Crippen LogP contribution in [-0.2, 0) is 7.05 Å². The van der Waals surface area contributed by atoms with E-state index in [0.717, 1.165) is 57.6 Å². The summed E-state index contributed by atoms with van der Waals surface area (Å²) in [5, 5.41) is 19.0. The molecule has 1 aromatic heterocycles. The number of aliphatic hydroxyl groups is 1. The van der Waals surface area contributed by atoms with E-state index in [-0.39, 0.29) is 11.9 Å². The monoisotopic (exact) mass is 447 g/mol. The van der Waals surface area contributed by atoms with E-state index in [1.54, 1.807) is 4.68 Å². The molecule has 0 radical (unpaired) electrons. The van der Waals surface area contributed by atoms with E-state index in [1.807, 2.05) is 14.1 Å². The van der Waals surface area contributed by atoms with Gasteiger partial charge in [-0.25, -0.2) is 0 Å². The van der Waals surface area contributed by atoms with E-state index in [4.69, 9.17) is 11.6 Å². The van der Waals surface area contributed by atoms with Crippen molar-refractivity contribution in [2.75, 3.05) is 31.6 Å². The standard InChI is InChI=1S/C22H35BClN5O2/c1-27(12-13-3-5-29(23)6-4-13)21-17(24)19(26-28(21)2)20(30)25-18-15-7-14-8-16(18)11-22(31,9-14)10-15/h13-16,18,31H,3-12,23H2,1-2H3,(H,25,30)/t14?,15?,16?,18-,22-. The Morgan fingerprint density at radius 2 is 1.94 bits per heavy atom. The van der Waals surface area contributed by atoms with E-state index in [0.29, 0.717) is 34.4 Å². The average Bonchev–Trinajstić information content (AvgIpc) is 2.99. The quantitative estimate of drug-likeness (QED) is 0.668. The molecule has 4 aliphatic carbocycles. The van der Waals surface area contributed by atoms with Gasteiger partial charge in [-0.2, -0.15) is 5.10 Å². The fourth-order valence-corrected chi connectivity index (χ4v) is 7.59. The van der Waals surface area contributed by atoms with Crippen molar-refractivity contribution >= 4 is 31.3 Å². The number of hydrogen-bond acceptors (Lipinski definition) is 5. The lowest BCUT2D eigenvalue weighted by atomic mass is 9.52. The van der Waals surface area contributed by atoms with Gasteiger partial charge in [0.1, 0.15) is 10.8 Å². The summed E-state index contributed by atoms with van der Waals surface area (Å²) in [7, 11) is 6.08. The number of hydrogen-bond donors (Lipinski definition) is 2. The highest BCUT2D eigenvalue weighted by atomic mass is 35.5. The van der Waals surface area contributed by atoms with Crippen molar-refractivity contribution < 1.29 is 9.90 Å². The second-order valence-corrected chi connectivity index (χ2v) is 11.3. The zero-order valence-corrected chi connectivity index (χ0v) is 19.7. The average molecular weight is 448 g/mol. The van der Waals surface area contributed by atoms with Crippen molar-refractivity contribution in [1.29, 1.82) is 0 Å². The number of rotatable bonds is 5. The van der Waals surface area contributed by atoms with Crippen LogP contribution >= 0.6 is 11.6 Å². The van der Waals surface area contributed by atoms with E-state index >= 15 is 0 Å². The Kier molecular flexibility index (Phi) is 5.54. The molecule has 1 aromatic rings. The van der Waals surface area contributed by atoms with Crippen molar-refractivity contribution in [2.24, 2.45) is 30.7 Å². The highest BCUT2D eigenvalue weighted by Gasteiger charge is 2.55. The van der Waals surface area contributed by atoms with Crippen molar-refractivity contribution in [1.82, 2.24) is 19.9 Å². The number of nitrogens with zero attached hydrogens (tertiary/aromatic N) is 4. The maximum absolute atomic E-state index is 13.2. The number of carbonyl (C=O) groups is 1. The van der Waals surface area contributed by atoms with Crippen molar-refractivity contribution in [3.8, 4) is 0 Å². The molecule has 1 amide bonds. The van der Waals surface area contributed by atoms with Crippen LogP contribution in [0.5, 0.6) is 0 Å². The third-order valence-electron chi connectivity index (χ3n) is 8.45. The molecule has 7 nitrogen and oxygen atoms in total. The molecule has 5 aliphatic rings. The van der Waals surface area contributed by atoms with Crippen molar-refractivity contribution in [2.45, 2.75) is 56.6 Å². The molecule has 1 saturated heterocycles. The minimum Gasteiger partial charge on any atom is -0.390 e. The SMILES string of the molecule is BN1CCC(CN(C)c2c(Cl)c(C(=O)N[C@H]3C4CC5CC3C[C@](O)(C5)C4)nn2C)CC1. The molecule has 6 rings (SSSR count). The maximum Gasteiger partial charge on any atom is 0.273 e. The van der Waals surface area contributed by atoms with Gasteiger partial charge < -0.3 is 20.1 Å². The van der Waals surface area contributed by atoms with Crippen LogP contribution in [0.4, 0.5) is 5.82 Å². The van der Waals surface area contributed by atoms with Crippen LogP contribution in [0.25, 0.3) is 0 Å². The number of piperidine rings is 1. The minimum atomic E-state index is -0.496. The van der Waals surface area contributed by atoms with Gasteiger partial charge in [-0.1, -0.05) is 11.6 Å². The zero-order valence-electron chi connectivity index (χ0n) is 19.0. The molecule has 2 heterocycles. The first-order valence-corrected chi connectivity index (χ1v) is 12.3. The van der Waals surface area contributed by atoms with Crippen LogP contribution in [0.1, 0.15) is 55.4 Å². The Balaban J connectivity index is 1.27. The van der Waals surface area contributed by atoms with Crippen LogP contribution in [0, 0.1) is 23.7 Å². The summed E-state index contributed by atoms with van der Waals surface area (Å²) in [5.74, 6) is 2.62. The number of amides is 1. The highest BCUT2D eigenvalue weighted by molar-refractivity contribution is 6.36. The molecule has 31 heavy (non-hydrogen) atoms. The predicted molar refractivity (Wildman–Crippen MR) is 124 cm³/mol. The predicted octanol–water partition coefficient (Wildman–Crippen LogP) is 1.44. The first-order chi connectivity index (χ1) is 14.7. The summed E-state index contributed by atoms with van der Waals surface area (Å²) < 4.78 is 1.74. The van der Waals surface area contributed by atoms with Gasteiger partial charge in [0.15, 0.2) is 13.7 Å². The normalized spacial score (nSPS) is 35.5. The van der Waals surface area contributed by atoms with Gasteiger partial charge in [-0.3, -0.25) is 9.48 Å².